The normalized spacial score (nSPS) is 14.7. The van der Waals surface area contributed by atoms with Gasteiger partial charge >= 0.3 is 5.97 Å². The molecule has 6 nitrogen and oxygen atoms in total. The number of halogens is 2. The standard InChI is InChI=1S/C20H15ClINO5S/c1-10(24)28-18-16(26-2)7-11(8-17(18)27-3)6-15-20(25)29-19(23-15)13-9-12(22)4-5-14(13)21/h4-9H,1-3H3/b15-6-. The van der Waals surface area contributed by atoms with Gasteiger partial charge in [0, 0.05) is 16.1 Å². The van der Waals surface area contributed by atoms with Gasteiger partial charge < -0.3 is 14.2 Å². The molecule has 1 aliphatic rings. The Morgan fingerprint density at radius 3 is 2.41 bits per heavy atom. The SMILES string of the molecule is COc1cc(/C=C2\N=C(c3cc(I)ccc3Cl)SC2=O)cc(OC)c1OC(C)=O. The van der Waals surface area contributed by atoms with Crippen LogP contribution in [0.3, 0.4) is 0 Å². The number of hydrogen-bond acceptors (Lipinski definition) is 7. The van der Waals surface area contributed by atoms with Gasteiger partial charge in [-0.25, -0.2) is 4.99 Å². The van der Waals surface area contributed by atoms with Gasteiger partial charge in [-0.1, -0.05) is 11.6 Å². The molecular weight excluding hydrogens is 529 g/mol. The molecule has 29 heavy (non-hydrogen) atoms. The summed E-state index contributed by atoms with van der Waals surface area (Å²) in [7, 11) is 2.90. The molecule has 0 saturated heterocycles. The molecule has 0 aromatic heterocycles. The number of benzene rings is 2. The maximum atomic E-state index is 12.5. The molecule has 1 heterocycles. The summed E-state index contributed by atoms with van der Waals surface area (Å²) in [6.45, 7) is 1.29. The van der Waals surface area contributed by atoms with Crippen LogP contribution >= 0.6 is 46.0 Å². The van der Waals surface area contributed by atoms with Gasteiger partial charge in [-0.2, -0.15) is 0 Å². The second-order valence-corrected chi connectivity index (χ2v) is 8.42. The molecule has 0 unspecified atom stereocenters. The zero-order valence-corrected chi connectivity index (χ0v) is 19.3. The zero-order chi connectivity index (χ0) is 21.1. The van der Waals surface area contributed by atoms with E-state index in [1.807, 2.05) is 12.1 Å². The molecule has 1 aliphatic heterocycles. The monoisotopic (exact) mass is 543 g/mol. The minimum atomic E-state index is -0.501. The quantitative estimate of drug-likeness (QED) is 0.230. The highest BCUT2D eigenvalue weighted by Gasteiger charge is 2.25. The first-order valence-electron chi connectivity index (χ1n) is 8.24. The van der Waals surface area contributed by atoms with Crippen LogP contribution in [0.5, 0.6) is 17.2 Å². The molecule has 0 spiro atoms. The fourth-order valence-electron chi connectivity index (χ4n) is 2.57. The van der Waals surface area contributed by atoms with Crippen LogP contribution in [0.1, 0.15) is 18.1 Å². The van der Waals surface area contributed by atoms with E-state index >= 15 is 0 Å². The molecule has 0 bridgehead atoms. The minimum Gasteiger partial charge on any atom is -0.493 e. The van der Waals surface area contributed by atoms with Crippen molar-refractivity contribution in [3.8, 4) is 17.2 Å². The Labute approximate surface area is 190 Å². The number of rotatable bonds is 5. The summed E-state index contributed by atoms with van der Waals surface area (Å²) in [6, 6.07) is 8.81. The third kappa shape index (κ3) is 4.93. The van der Waals surface area contributed by atoms with Crippen molar-refractivity contribution in [1.29, 1.82) is 0 Å². The lowest BCUT2D eigenvalue weighted by Gasteiger charge is -2.13. The number of methoxy groups -OCH3 is 2. The molecule has 0 aliphatic carbocycles. The lowest BCUT2D eigenvalue weighted by Crippen LogP contribution is -2.05. The highest BCUT2D eigenvalue weighted by atomic mass is 127. The van der Waals surface area contributed by atoms with Crippen LogP contribution in [0.2, 0.25) is 5.02 Å². The number of aliphatic imine (C=N–C) groups is 1. The first-order chi connectivity index (χ1) is 13.8. The van der Waals surface area contributed by atoms with E-state index in [0.717, 1.165) is 15.3 Å². The Morgan fingerprint density at radius 1 is 1.17 bits per heavy atom. The van der Waals surface area contributed by atoms with Crippen molar-refractivity contribution >= 4 is 68.2 Å². The van der Waals surface area contributed by atoms with E-state index in [2.05, 4.69) is 27.6 Å². The third-order valence-electron chi connectivity index (χ3n) is 3.81. The average molecular weight is 544 g/mol. The van der Waals surface area contributed by atoms with Gasteiger partial charge in [-0.05, 0) is 76.3 Å². The average Bonchev–Trinajstić information content (AvgIpc) is 3.04. The number of thioether (sulfide) groups is 1. The maximum absolute atomic E-state index is 12.5. The summed E-state index contributed by atoms with van der Waals surface area (Å²) in [5, 5.41) is 0.872. The summed E-state index contributed by atoms with van der Waals surface area (Å²) in [5.74, 6) is 0.272. The van der Waals surface area contributed by atoms with Gasteiger partial charge in [0.1, 0.15) is 10.7 Å². The van der Waals surface area contributed by atoms with E-state index in [0.29, 0.717) is 32.7 Å². The van der Waals surface area contributed by atoms with Crippen LogP contribution in [-0.4, -0.2) is 30.3 Å². The Hall–Kier alpha value is -2.04. The van der Waals surface area contributed by atoms with Crippen molar-refractivity contribution in [3.05, 3.63) is 55.7 Å². The van der Waals surface area contributed by atoms with Crippen molar-refractivity contribution in [2.24, 2.45) is 4.99 Å². The number of esters is 1. The molecule has 2 aromatic carbocycles. The van der Waals surface area contributed by atoms with Crippen LogP contribution in [-0.2, 0) is 9.59 Å². The van der Waals surface area contributed by atoms with Crippen molar-refractivity contribution < 1.29 is 23.8 Å². The van der Waals surface area contributed by atoms with E-state index in [9.17, 15) is 9.59 Å². The van der Waals surface area contributed by atoms with Crippen molar-refractivity contribution in [3.63, 3.8) is 0 Å². The van der Waals surface area contributed by atoms with Gasteiger partial charge in [0.25, 0.3) is 0 Å². The Balaban J connectivity index is 2.03. The molecule has 0 N–H and O–H groups in total. The smallest absolute Gasteiger partial charge is 0.308 e. The van der Waals surface area contributed by atoms with Gasteiger partial charge in [-0.15, -0.1) is 0 Å². The molecule has 0 atom stereocenters. The van der Waals surface area contributed by atoms with Gasteiger partial charge in [0.05, 0.1) is 19.2 Å². The Kier molecular flexibility index (Phi) is 6.86. The van der Waals surface area contributed by atoms with Crippen LogP contribution in [0.4, 0.5) is 0 Å². The Bertz CT molecular complexity index is 1040. The largest absolute Gasteiger partial charge is 0.493 e. The van der Waals surface area contributed by atoms with Gasteiger partial charge in [0.2, 0.25) is 10.9 Å². The van der Waals surface area contributed by atoms with Crippen LogP contribution in [0, 0.1) is 3.57 Å². The lowest BCUT2D eigenvalue weighted by molar-refractivity contribution is -0.132. The molecule has 0 amide bonds. The fraction of sp³-hybridized carbons (Fsp3) is 0.150. The third-order valence-corrected chi connectivity index (χ3v) is 5.71. The predicted molar refractivity (Wildman–Crippen MR) is 122 cm³/mol. The van der Waals surface area contributed by atoms with Gasteiger partial charge in [0.15, 0.2) is 11.5 Å². The predicted octanol–water partition coefficient (Wildman–Crippen LogP) is 4.95. The maximum Gasteiger partial charge on any atom is 0.308 e. The summed E-state index contributed by atoms with van der Waals surface area (Å²) >= 11 is 9.47. The summed E-state index contributed by atoms with van der Waals surface area (Å²) < 4.78 is 16.8. The van der Waals surface area contributed by atoms with E-state index in [4.69, 9.17) is 25.8 Å². The highest BCUT2D eigenvalue weighted by molar-refractivity contribution is 14.1. The number of hydrogen-bond donors (Lipinski definition) is 0. The van der Waals surface area contributed by atoms with Crippen molar-refractivity contribution in [2.75, 3.05) is 14.2 Å². The number of ether oxygens (including phenoxy) is 3. The van der Waals surface area contributed by atoms with Crippen LogP contribution in [0.15, 0.2) is 41.0 Å². The molecule has 0 fully saturated rings. The van der Waals surface area contributed by atoms with Crippen LogP contribution < -0.4 is 14.2 Å². The molecule has 2 aromatic rings. The molecule has 3 rings (SSSR count). The van der Waals surface area contributed by atoms with Gasteiger partial charge in [-0.3, -0.25) is 9.59 Å². The molecular formula is C20H15ClINO5S. The number of nitrogens with zero attached hydrogens (tertiary/aromatic N) is 1. The summed E-state index contributed by atoms with van der Waals surface area (Å²) in [6.07, 6.45) is 1.62. The lowest BCUT2D eigenvalue weighted by atomic mass is 10.1. The molecule has 9 heteroatoms. The minimum absolute atomic E-state index is 0.173. The fourth-order valence-corrected chi connectivity index (χ4v) is 4.13. The topological polar surface area (TPSA) is 74.2 Å². The zero-order valence-electron chi connectivity index (χ0n) is 15.6. The number of carbonyl (C=O) groups is 2. The first kappa shape index (κ1) is 21.7. The van der Waals surface area contributed by atoms with Crippen molar-refractivity contribution in [2.45, 2.75) is 6.92 Å². The Morgan fingerprint density at radius 2 is 1.83 bits per heavy atom. The molecule has 0 saturated carbocycles. The van der Waals surface area contributed by atoms with E-state index in [1.54, 1.807) is 24.3 Å². The van der Waals surface area contributed by atoms with E-state index in [-0.39, 0.29) is 16.6 Å². The van der Waals surface area contributed by atoms with Crippen LogP contribution in [0.25, 0.3) is 6.08 Å². The van der Waals surface area contributed by atoms with Crippen molar-refractivity contribution in [1.82, 2.24) is 0 Å². The summed E-state index contributed by atoms with van der Waals surface area (Å²) in [5.41, 5.74) is 1.59. The molecule has 0 radical (unpaired) electrons. The van der Waals surface area contributed by atoms with E-state index in [1.165, 1.54) is 21.1 Å². The highest BCUT2D eigenvalue weighted by Crippen LogP contribution is 2.40. The summed E-state index contributed by atoms with van der Waals surface area (Å²) in [4.78, 5) is 28.3. The number of carbonyl (C=O) groups excluding carboxylic acids is 2. The second kappa shape index (κ2) is 9.19. The first-order valence-corrected chi connectivity index (χ1v) is 10.5. The second-order valence-electron chi connectivity index (χ2n) is 5.81. The molecule has 150 valence electrons. The van der Waals surface area contributed by atoms with E-state index < -0.39 is 5.97 Å².